The van der Waals surface area contributed by atoms with Crippen LogP contribution >= 0.6 is 0 Å². The second-order valence-corrected chi connectivity index (χ2v) is 11.8. The van der Waals surface area contributed by atoms with Crippen LogP contribution in [0.3, 0.4) is 0 Å². The van der Waals surface area contributed by atoms with E-state index in [1.807, 2.05) is 71.3 Å². The van der Waals surface area contributed by atoms with E-state index in [-0.39, 0.29) is 5.82 Å². The van der Waals surface area contributed by atoms with E-state index in [0.717, 1.165) is 71.6 Å². The fourth-order valence-corrected chi connectivity index (χ4v) is 7.18. The Morgan fingerprint density at radius 1 is 0.447 bits per heavy atom. The Bertz CT molecular complexity index is 2650. The number of rotatable bonds is 4. The lowest BCUT2D eigenvalue weighted by molar-refractivity contribution is 0.621. The zero-order valence-electron chi connectivity index (χ0n) is 25.2. The molecule has 220 valence electrons. The SMILES string of the molecule is N#Cc1ccc(-c2cccc(F)c2-n2c3ccccc3c3ccccc32)cc1-c1ccc2c(c1)c1ccccc1n2-c1ccccc1. The summed E-state index contributed by atoms with van der Waals surface area (Å²) in [4.78, 5) is 0. The minimum absolute atomic E-state index is 0.310. The first-order valence-electron chi connectivity index (χ1n) is 15.6. The van der Waals surface area contributed by atoms with Gasteiger partial charge in [-0.3, -0.25) is 0 Å². The molecule has 0 amide bonds. The number of para-hydroxylation sites is 5. The zero-order valence-corrected chi connectivity index (χ0v) is 25.2. The third-order valence-electron chi connectivity index (χ3n) is 9.24. The summed E-state index contributed by atoms with van der Waals surface area (Å²) in [6, 6.07) is 54.9. The number of nitriles is 1. The highest BCUT2D eigenvalue weighted by molar-refractivity contribution is 6.11. The van der Waals surface area contributed by atoms with Crippen molar-refractivity contribution in [1.29, 1.82) is 5.26 Å². The van der Waals surface area contributed by atoms with E-state index in [9.17, 15) is 5.26 Å². The van der Waals surface area contributed by atoms with E-state index in [4.69, 9.17) is 0 Å². The predicted molar refractivity (Wildman–Crippen MR) is 191 cm³/mol. The molecule has 4 heteroatoms. The van der Waals surface area contributed by atoms with E-state index in [0.29, 0.717) is 11.3 Å². The maximum atomic E-state index is 16.1. The zero-order chi connectivity index (χ0) is 31.5. The summed E-state index contributed by atoms with van der Waals surface area (Å²) < 4.78 is 20.4. The van der Waals surface area contributed by atoms with Crippen LogP contribution in [0.15, 0.2) is 158 Å². The second-order valence-electron chi connectivity index (χ2n) is 11.8. The van der Waals surface area contributed by atoms with Gasteiger partial charge in [-0.15, -0.1) is 0 Å². The van der Waals surface area contributed by atoms with Crippen molar-refractivity contribution in [2.45, 2.75) is 0 Å². The Labute approximate surface area is 270 Å². The normalized spacial score (nSPS) is 11.5. The molecule has 0 aliphatic carbocycles. The monoisotopic (exact) mass is 603 g/mol. The van der Waals surface area contributed by atoms with Crippen LogP contribution in [0, 0.1) is 17.1 Å². The Morgan fingerprint density at radius 2 is 1.00 bits per heavy atom. The van der Waals surface area contributed by atoms with Crippen molar-refractivity contribution >= 4 is 43.6 Å². The Morgan fingerprint density at radius 3 is 1.68 bits per heavy atom. The van der Waals surface area contributed by atoms with Crippen molar-refractivity contribution in [2.75, 3.05) is 0 Å². The minimum Gasteiger partial charge on any atom is -0.309 e. The molecule has 0 fully saturated rings. The lowest BCUT2D eigenvalue weighted by atomic mass is 9.93. The third-order valence-corrected chi connectivity index (χ3v) is 9.24. The summed E-state index contributed by atoms with van der Waals surface area (Å²) in [6.45, 7) is 0. The molecule has 0 atom stereocenters. The van der Waals surface area contributed by atoms with Crippen molar-refractivity contribution in [3.05, 3.63) is 169 Å². The molecule has 0 radical (unpaired) electrons. The summed E-state index contributed by atoms with van der Waals surface area (Å²) in [5.41, 5.74) is 9.56. The molecular weight excluding hydrogens is 577 g/mol. The number of hydrogen-bond acceptors (Lipinski definition) is 1. The molecule has 7 aromatic carbocycles. The van der Waals surface area contributed by atoms with Crippen LogP contribution in [0.4, 0.5) is 4.39 Å². The minimum atomic E-state index is -0.310. The first-order chi connectivity index (χ1) is 23.2. The molecular formula is C43H26FN3. The molecule has 47 heavy (non-hydrogen) atoms. The second kappa shape index (κ2) is 10.6. The smallest absolute Gasteiger partial charge is 0.147 e. The van der Waals surface area contributed by atoms with E-state index in [1.54, 1.807) is 6.07 Å². The lowest BCUT2D eigenvalue weighted by Gasteiger charge is -2.16. The van der Waals surface area contributed by atoms with E-state index in [1.165, 1.54) is 6.07 Å². The van der Waals surface area contributed by atoms with Crippen LogP contribution in [-0.2, 0) is 0 Å². The molecule has 0 saturated carbocycles. The van der Waals surface area contributed by atoms with Gasteiger partial charge in [0.05, 0.1) is 39.4 Å². The highest BCUT2D eigenvalue weighted by atomic mass is 19.1. The van der Waals surface area contributed by atoms with Crippen molar-refractivity contribution in [3.63, 3.8) is 0 Å². The van der Waals surface area contributed by atoms with Gasteiger partial charge in [-0.2, -0.15) is 5.26 Å². The fraction of sp³-hybridized carbons (Fsp3) is 0. The van der Waals surface area contributed by atoms with Crippen LogP contribution in [0.5, 0.6) is 0 Å². The first kappa shape index (κ1) is 26.9. The Balaban J connectivity index is 1.27. The first-order valence-corrected chi connectivity index (χ1v) is 15.6. The molecule has 0 spiro atoms. The van der Waals surface area contributed by atoms with Crippen LogP contribution in [0.2, 0.25) is 0 Å². The molecule has 3 nitrogen and oxygen atoms in total. The number of benzene rings is 7. The number of aromatic nitrogens is 2. The summed E-state index contributed by atoms with van der Waals surface area (Å²) in [6.07, 6.45) is 0. The number of nitrogens with zero attached hydrogens (tertiary/aromatic N) is 3. The molecule has 0 aliphatic heterocycles. The van der Waals surface area contributed by atoms with E-state index < -0.39 is 0 Å². The molecule has 9 rings (SSSR count). The van der Waals surface area contributed by atoms with E-state index in [2.05, 4.69) is 89.5 Å². The van der Waals surface area contributed by atoms with Crippen molar-refractivity contribution < 1.29 is 4.39 Å². The average Bonchev–Trinajstić information content (AvgIpc) is 3.64. The summed E-state index contributed by atoms with van der Waals surface area (Å²) in [5, 5.41) is 14.6. The number of hydrogen-bond donors (Lipinski definition) is 0. The van der Waals surface area contributed by atoms with Crippen LogP contribution in [0.25, 0.3) is 77.2 Å². The van der Waals surface area contributed by atoms with Crippen molar-refractivity contribution in [3.8, 4) is 39.7 Å². The molecule has 0 aliphatic rings. The number of fused-ring (bicyclic) bond motifs is 6. The topological polar surface area (TPSA) is 33.6 Å². The van der Waals surface area contributed by atoms with Crippen LogP contribution < -0.4 is 0 Å². The van der Waals surface area contributed by atoms with Crippen molar-refractivity contribution in [2.24, 2.45) is 0 Å². The maximum Gasteiger partial charge on any atom is 0.147 e. The highest BCUT2D eigenvalue weighted by Gasteiger charge is 2.20. The van der Waals surface area contributed by atoms with E-state index >= 15 is 4.39 Å². The molecule has 0 saturated heterocycles. The molecule has 2 heterocycles. The quantitative estimate of drug-likeness (QED) is 0.197. The van der Waals surface area contributed by atoms with Gasteiger partial charge in [0.25, 0.3) is 0 Å². The summed E-state index contributed by atoms with van der Waals surface area (Å²) in [7, 11) is 0. The Kier molecular flexibility index (Phi) is 6.06. The molecule has 0 N–H and O–H groups in total. The fourth-order valence-electron chi connectivity index (χ4n) is 7.18. The number of halogens is 1. The van der Waals surface area contributed by atoms with Gasteiger partial charge in [0.15, 0.2) is 0 Å². The largest absolute Gasteiger partial charge is 0.309 e. The molecule has 0 unspecified atom stereocenters. The molecule has 2 aromatic heterocycles. The summed E-state index contributed by atoms with van der Waals surface area (Å²) >= 11 is 0. The van der Waals surface area contributed by atoms with Gasteiger partial charge in [0.1, 0.15) is 5.82 Å². The summed E-state index contributed by atoms with van der Waals surface area (Å²) in [5.74, 6) is -0.310. The average molecular weight is 604 g/mol. The van der Waals surface area contributed by atoms with Crippen LogP contribution in [0.1, 0.15) is 5.56 Å². The Hall–Kier alpha value is -6.44. The van der Waals surface area contributed by atoms with Crippen LogP contribution in [-0.4, -0.2) is 9.13 Å². The molecule has 0 bridgehead atoms. The standard InChI is InChI=1S/C43H26FN3/c44-38-17-10-16-32(43(38)47-40-19-8-4-13-33(40)34-14-5-9-20-41(34)47)28-21-22-30(27-45)36(25-28)29-23-24-42-37(26-29)35-15-6-7-18-39(35)46(42)31-11-2-1-3-12-31/h1-26H. The molecule has 9 aromatic rings. The van der Waals surface area contributed by atoms with Gasteiger partial charge in [0.2, 0.25) is 0 Å². The predicted octanol–water partition coefficient (Wildman–Crippen LogP) is 11.2. The van der Waals surface area contributed by atoms with Crippen molar-refractivity contribution in [1.82, 2.24) is 9.13 Å². The van der Waals surface area contributed by atoms with Gasteiger partial charge >= 0.3 is 0 Å². The lowest BCUT2D eigenvalue weighted by Crippen LogP contribution is -2.01. The van der Waals surface area contributed by atoms with Gasteiger partial charge in [-0.1, -0.05) is 97.1 Å². The van der Waals surface area contributed by atoms with Gasteiger partial charge in [-0.25, -0.2) is 4.39 Å². The van der Waals surface area contributed by atoms with Gasteiger partial charge in [-0.05, 0) is 71.8 Å². The highest BCUT2D eigenvalue weighted by Crippen LogP contribution is 2.40. The third kappa shape index (κ3) is 4.11. The van der Waals surface area contributed by atoms with Gasteiger partial charge in [0, 0.05) is 38.4 Å². The maximum absolute atomic E-state index is 16.1. The van der Waals surface area contributed by atoms with Gasteiger partial charge < -0.3 is 9.13 Å².